The van der Waals surface area contributed by atoms with Gasteiger partial charge in [0.15, 0.2) is 11.5 Å². The van der Waals surface area contributed by atoms with Crippen LogP contribution in [-0.4, -0.2) is 32.4 Å². The maximum atomic E-state index is 10.8. The SMILES string of the molecule is COCc1cc(OC)c(OC)cc1C(N)CC(=O)O. The molecule has 1 aromatic carbocycles. The van der Waals surface area contributed by atoms with Gasteiger partial charge in [-0.3, -0.25) is 4.79 Å². The molecule has 6 heteroatoms. The minimum Gasteiger partial charge on any atom is -0.493 e. The average molecular weight is 269 g/mol. The Balaban J connectivity index is 3.21. The summed E-state index contributed by atoms with van der Waals surface area (Å²) >= 11 is 0. The number of rotatable bonds is 7. The first kappa shape index (κ1) is 15.3. The van der Waals surface area contributed by atoms with Crippen molar-refractivity contribution in [2.24, 2.45) is 5.73 Å². The molecule has 0 amide bonds. The molecule has 1 atom stereocenters. The standard InChI is InChI=1S/C13H19NO5/c1-17-7-8-4-11(18-2)12(19-3)5-9(8)10(14)6-13(15)16/h4-5,10H,6-7,14H2,1-3H3,(H,15,16). The summed E-state index contributed by atoms with van der Waals surface area (Å²) < 4.78 is 15.5. The van der Waals surface area contributed by atoms with Crippen LogP contribution in [0.5, 0.6) is 11.5 Å². The zero-order valence-corrected chi connectivity index (χ0v) is 11.3. The van der Waals surface area contributed by atoms with E-state index in [-0.39, 0.29) is 6.42 Å². The molecular formula is C13H19NO5. The van der Waals surface area contributed by atoms with Crippen molar-refractivity contribution in [2.75, 3.05) is 21.3 Å². The number of benzene rings is 1. The highest BCUT2D eigenvalue weighted by Crippen LogP contribution is 2.33. The molecule has 1 rings (SSSR count). The summed E-state index contributed by atoms with van der Waals surface area (Å²) in [4.78, 5) is 10.8. The fourth-order valence-corrected chi connectivity index (χ4v) is 1.86. The summed E-state index contributed by atoms with van der Waals surface area (Å²) in [7, 11) is 4.61. The van der Waals surface area contributed by atoms with Gasteiger partial charge in [-0.15, -0.1) is 0 Å². The molecule has 6 nitrogen and oxygen atoms in total. The number of carbonyl (C=O) groups is 1. The topological polar surface area (TPSA) is 91.0 Å². The van der Waals surface area contributed by atoms with E-state index < -0.39 is 12.0 Å². The largest absolute Gasteiger partial charge is 0.493 e. The van der Waals surface area contributed by atoms with Crippen LogP contribution in [0.4, 0.5) is 0 Å². The highest BCUT2D eigenvalue weighted by atomic mass is 16.5. The Morgan fingerprint density at radius 2 is 1.84 bits per heavy atom. The summed E-state index contributed by atoms with van der Waals surface area (Å²) in [5, 5.41) is 8.83. The van der Waals surface area contributed by atoms with Gasteiger partial charge in [0.25, 0.3) is 0 Å². The van der Waals surface area contributed by atoms with Crippen molar-refractivity contribution in [1.29, 1.82) is 0 Å². The molecule has 1 aromatic rings. The molecule has 0 aliphatic rings. The summed E-state index contributed by atoms with van der Waals surface area (Å²) in [5.41, 5.74) is 7.38. The van der Waals surface area contributed by atoms with Crippen molar-refractivity contribution < 1.29 is 24.1 Å². The molecule has 0 saturated carbocycles. The van der Waals surface area contributed by atoms with E-state index in [4.69, 9.17) is 25.1 Å². The molecule has 1 unspecified atom stereocenters. The van der Waals surface area contributed by atoms with Crippen LogP contribution < -0.4 is 15.2 Å². The zero-order chi connectivity index (χ0) is 14.4. The lowest BCUT2D eigenvalue weighted by molar-refractivity contribution is -0.137. The van der Waals surface area contributed by atoms with Gasteiger partial charge in [0.1, 0.15) is 0 Å². The van der Waals surface area contributed by atoms with E-state index in [1.54, 1.807) is 19.2 Å². The lowest BCUT2D eigenvalue weighted by atomic mass is 9.98. The summed E-state index contributed by atoms with van der Waals surface area (Å²) in [6.07, 6.45) is -0.161. The Hall–Kier alpha value is -1.79. The van der Waals surface area contributed by atoms with Crippen LogP contribution in [0.25, 0.3) is 0 Å². The molecular weight excluding hydrogens is 250 g/mol. The predicted octanol–water partition coefficient (Wildman–Crippen LogP) is 1.32. The van der Waals surface area contributed by atoms with Crippen LogP contribution in [0.15, 0.2) is 12.1 Å². The number of carboxylic acid groups (broad SMARTS) is 1. The second-order valence-electron chi connectivity index (χ2n) is 4.04. The number of carboxylic acids is 1. The van der Waals surface area contributed by atoms with E-state index >= 15 is 0 Å². The quantitative estimate of drug-likeness (QED) is 0.776. The Morgan fingerprint density at radius 1 is 1.26 bits per heavy atom. The molecule has 0 aliphatic heterocycles. The third-order valence-electron chi connectivity index (χ3n) is 2.74. The van der Waals surface area contributed by atoms with E-state index in [2.05, 4.69) is 0 Å². The maximum Gasteiger partial charge on any atom is 0.305 e. The molecule has 19 heavy (non-hydrogen) atoms. The van der Waals surface area contributed by atoms with Gasteiger partial charge in [-0.2, -0.15) is 0 Å². The highest BCUT2D eigenvalue weighted by molar-refractivity contribution is 5.68. The first-order valence-electron chi connectivity index (χ1n) is 5.74. The van der Waals surface area contributed by atoms with Crippen LogP contribution in [0, 0.1) is 0 Å². The first-order chi connectivity index (χ1) is 9.03. The van der Waals surface area contributed by atoms with Gasteiger partial charge in [-0.05, 0) is 23.3 Å². The van der Waals surface area contributed by atoms with Crippen molar-refractivity contribution in [2.45, 2.75) is 19.1 Å². The van der Waals surface area contributed by atoms with E-state index in [1.165, 1.54) is 14.2 Å². The first-order valence-corrected chi connectivity index (χ1v) is 5.74. The van der Waals surface area contributed by atoms with Crippen LogP contribution in [0.3, 0.4) is 0 Å². The number of aliphatic carboxylic acids is 1. The van der Waals surface area contributed by atoms with Gasteiger partial charge in [0.05, 0.1) is 27.2 Å². The Kier molecular flexibility index (Phi) is 5.59. The van der Waals surface area contributed by atoms with E-state index in [1.807, 2.05) is 0 Å². The molecule has 0 aromatic heterocycles. The van der Waals surface area contributed by atoms with Crippen LogP contribution in [0.2, 0.25) is 0 Å². The summed E-state index contributed by atoms with van der Waals surface area (Å²) in [5.74, 6) is 0.115. The van der Waals surface area contributed by atoms with Crippen LogP contribution in [0.1, 0.15) is 23.6 Å². The second kappa shape index (κ2) is 6.96. The number of methoxy groups -OCH3 is 3. The third-order valence-corrected chi connectivity index (χ3v) is 2.74. The zero-order valence-electron chi connectivity index (χ0n) is 11.3. The Bertz CT molecular complexity index is 447. The van der Waals surface area contributed by atoms with Crippen LogP contribution >= 0.6 is 0 Å². The lowest BCUT2D eigenvalue weighted by Crippen LogP contribution is -2.17. The van der Waals surface area contributed by atoms with Gasteiger partial charge in [-0.1, -0.05) is 0 Å². The van der Waals surface area contributed by atoms with Crippen LogP contribution in [-0.2, 0) is 16.1 Å². The normalized spacial score (nSPS) is 12.0. The maximum absolute atomic E-state index is 10.8. The van der Waals surface area contributed by atoms with E-state index in [9.17, 15) is 4.79 Å². The summed E-state index contributed by atoms with van der Waals surface area (Å²) in [6, 6.07) is 2.82. The molecule has 0 bridgehead atoms. The lowest BCUT2D eigenvalue weighted by Gasteiger charge is -2.18. The smallest absolute Gasteiger partial charge is 0.305 e. The fraction of sp³-hybridized carbons (Fsp3) is 0.462. The van der Waals surface area contributed by atoms with E-state index in [0.29, 0.717) is 23.7 Å². The van der Waals surface area contributed by atoms with Gasteiger partial charge in [-0.25, -0.2) is 0 Å². The fourth-order valence-electron chi connectivity index (χ4n) is 1.86. The summed E-state index contributed by atoms with van der Waals surface area (Å²) in [6.45, 7) is 0.322. The monoisotopic (exact) mass is 269 g/mol. The number of nitrogens with two attached hydrogens (primary N) is 1. The number of ether oxygens (including phenoxy) is 3. The van der Waals surface area contributed by atoms with Gasteiger partial charge in [0, 0.05) is 13.2 Å². The molecule has 0 spiro atoms. The second-order valence-corrected chi connectivity index (χ2v) is 4.04. The number of hydrogen-bond donors (Lipinski definition) is 2. The highest BCUT2D eigenvalue weighted by Gasteiger charge is 2.18. The van der Waals surface area contributed by atoms with Gasteiger partial charge >= 0.3 is 5.97 Å². The minimum atomic E-state index is -0.953. The molecule has 3 N–H and O–H groups in total. The molecule has 106 valence electrons. The van der Waals surface area contributed by atoms with Gasteiger partial charge < -0.3 is 25.1 Å². The Labute approximate surface area is 112 Å². The predicted molar refractivity (Wildman–Crippen MR) is 69.4 cm³/mol. The van der Waals surface area contributed by atoms with Crippen molar-refractivity contribution in [3.05, 3.63) is 23.3 Å². The third kappa shape index (κ3) is 3.84. The minimum absolute atomic E-state index is 0.161. The van der Waals surface area contributed by atoms with Gasteiger partial charge in [0.2, 0.25) is 0 Å². The molecule has 0 heterocycles. The molecule has 0 fully saturated rings. The van der Waals surface area contributed by atoms with Crippen molar-refractivity contribution in [1.82, 2.24) is 0 Å². The van der Waals surface area contributed by atoms with E-state index in [0.717, 1.165) is 5.56 Å². The molecule has 0 aliphatic carbocycles. The van der Waals surface area contributed by atoms with Crippen molar-refractivity contribution >= 4 is 5.97 Å². The van der Waals surface area contributed by atoms with Crippen molar-refractivity contribution in [3.8, 4) is 11.5 Å². The Morgan fingerprint density at radius 3 is 2.32 bits per heavy atom. The molecule has 0 saturated heterocycles. The average Bonchev–Trinajstić information content (AvgIpc) is 2.37. The number of hydrogen-bond acceptors (Lipinski definition) is 5. The molecule has 0 radical (unpaired) electrons. The van der Waals surface area contributed by atoms with Crippen molar-refractivity contribution in [3.63, 3.8) is 0 Å².